The van der Waals surface area contributed by atoms with E-state index in [1.54, 1.807) is 13.8 Å². The van der Waals surface area contributed by atoms with Gasteiger partial charge in [-0.25, -0.2) is 16.8 Å². The van der Waals surface area contributed by atoms with E-state index in [1.165, 1.54) is 0 Å². The van der Waals surface area contributed by atoms with Gasteiger partial charge in [-0.05, 0) is 26.7 Å². The van der Waals surface area contributed by atoms with Crippen molar-refractivity contribution in [3.8, 4) is 0 Å². The average molecular weight is 282 g/mol. The van der Waals surface area contributed by atoms with Crippen LogP contribution in [0.15, 0.2) is 0 Å². The largest absolute Gasteiger partial charge is 0.372 e. The topological polar surface area (TPSA) is 77.5 Å². The molecule has 7 heteroatoms. The van der Waals surface area contributed by atoms with E-state index in [2.05, 4.69) is 0 Å². The zero-order valence-electron chi connectivity index (χ0n) is 10.00. The molecule has 0 aromatic carbocycles. The van der Waals surface area contributed by atoms with Gasteiger partial charge in [0.15, 0.2) is 19.7 Å². The molecule has 0 aliphatic carbocycles. The molecular formula is C10H18O5S2. The van der Waals surface area contributed by atoms with Gasteiger partial charge in [0.1, 0.15) is 0 Å². The van der Waals surface area contributed by atoms with E-state index >= 15 is 0 Å². The fourth-order valence-corrected chi connectivity index (χ4v) is 5.64. The molecule has 0 amide bonds. The van der Waals surface area contributed by atoms with Gasteiger partial charge in [0.2, 0.25) is 0 Å². The lowest BCUT2D eigenvalue weighted by molar-refractivity contribution is -0.00575. The Morgan fingerprint density at radius 3 is 1.41 bits per heavy atom. The maximum absolute atomic E-state index is 11.6. The summed E-state index contributed by atoms with van der Waals surface area (Å²) in [4.78, 5) is 0. The summed E-state index contributed by atoms with van der Waals surface area (Å²) in [6.07, 6.45) is 0.265. The molecule has 17 heavy (non-hydrogen) atoms. The van der Waals surface area contributed by atoms with Crippen molar-refractivity contribution in [2.75, 3.05) is 11.5 Å². The maximum Gasteiger partial charge on any atom is 0.155 e. The first-order valence-electron chi connectivity index (χ1n) is 5.82. The lowest BCUT2D eigenvalue weighted by atomic mass is 10.2. The lowest BCUT2D eigenvalue weighted by Gasteiger charge is -2.22. The van der Waals surface area contributed by atoms with Gasteiger partial charge in [0, 0.05) is 0 Å². The van der Waals surface area contributed by atoms with E-state index in [9.17, 15) is 16.8 Å². The van der Waals surface area contributed by atoms with E-state index < -0.39 is 30.2 Å². The summed E-state index contributed by atoms with van der Waals surface area (Å²) in [6.45, 7) is 3.28. The molecule has 2 rings (SSSR count). The van der Waals surface area contributed by atoms with Crippen LogP contribution in [-0.4, -0.2) is 51.0 Å². The number of hydrogen-bond donors (Lipinski definition) is 0. The van der Waals surface area contributed by atoms with Gasteiger partial charge in [-0.15, -0.1) is 0 Å². The second kappa shape index (κ2) is 4.20. The molecule has 5 nitrogen and oxygen atoms in total. The molecule has 0 aromatic heterocycles. The SMILES string of the molecule is CC1C(OC2CCS(=O)(=O)C2C)CCS1(=O)=O. The highest BCUT2D eigenvalue weighted by Gasteiger charge is 2.43. The Morgan fingerprint density at radius 1 is 0.824 bits per heavy atom. The van der Waals surface area contributed by atoms with Crippen molar-refractivity contribution in [2.24, 2.45) is 0 Å². The van der Waals surface area contributed by atoms with E-state index in [4.69, 9.17) is 4.74 Å². The van der Waals surface area contributed by atoms with Crippen LogP contribution >= 0.6 is 0 Å². The zero-order chi connectivity index (χ0) is 12.8. The molecule has 0 radical (unpaired) electrons. The quantitative estimate of drug-likeness (QED) is 0.720. The van der Waals surface area contributed by atoms with Gasteiger partial charge in [-0.1, -0.05) is 0 Å². The minimum absolute atomic E-state index is 0.146. The van der Waals surface area contributed by atoms with Crippen molar-refractivity contribution in [3.05, 3.63) is 0 Å². The van der Waals surface area contributed by atoms with Gasteiger partial charge in [0.25, 0.3) is 0 Å². The summed E-state index contributed by atoms with van der Waals surface area (Å²) < 4.78 is 51.9. The summed E-state index contributed by atoms with van der Waals surface area (Å²) in [6, 6.07) is 0. The number of ether oxygens (including phenoxy) is 1. The van der Waals surface area contributed by atoms with E-state index in [0.717, 1.165) is 0 Å². The van der Waals surface area contributed by atoms with E-state index in [1.807, 2.05) is 0 Å². The number of sulfone groups is 2. The fraction of sp³-hybridized carbons (Fsp3) is 1.00. The van der Waals surface area contributed by atoms with Crippen LogP contribution in [0.1, 0.15) is 26.7 Å². The summed E-state index contributed by atoms with van der Waals surface area (Å²) in [5.74, 6) is 0.291. The summed E-state index contributed by atoms with van der Waals surface area (Å²) >= 11 is 0. The van der Waals surface area contributed by atoms with Gasteiger partial charge >= 0.3 is 0 Å². The normalized spacial score (nSPS) is 43.9. The average Bonchev–Trinajstić information content (AvgIpc) is 2.62. The second-order valence-electron chi connectivity index (χ2n) is 4.93. The lowest BCUT2D eigenvalue weighted by Crippen LogP contribution is -2.34. The van der Waals surface area contributed by atoms with Crippen molar-refractivity contribution in [3.63, 3.8) is 0 Å². The molecule has 0 aromatic rings. The molecule has 0 bridgehead atoms. The highest BCUT2D eigenvalue weighted by atomic mass is 32.2. The van der Waals surface area contributed by atoms with Crippen LogP contribution in [0.25, 0.3) is 0 Å². The van der Waals surface area contributed by atoms with Crippen LogP contribution in [0.2, 0.25) is 0 Å². The highest BCUT2D eigenvalue weighted by molar-refractivity contribution is 7.92. The van der Waals surface area contributed by atoms with Crippen molar-refractivity contribution in [2.45, 2.75) is 49.4 Å². The third-order valence-corrected chi connectivity index (χ3v) is 8.39. The Labute approximate surface area is 102 Å². The first-order chi connectivity index (χ1) is 7.74. The molecule has 4 atom stereocenters. The summed E-state index contributed by atoms with van der Waals surface area (Å²) in [7, 11) is -6.07. The van der Waals surface area contributed by atoms with E-state index in [0.29, 0.717) is 12.8 Å². The predicted molar refractivity (Wildman–Crippen MR) is 64.4 cm³/mol. The van der Waals surface area contributed by atoms with Crippen molar-refractivity contribution in [1.82, 2.24) is 0 Å². The van der Waals surface area contributed by atoms with Crippen LogP contribution in [0, 0.1) is 0 Å². The minimum Gasteiger partial charge on any atom is -0.372 e. The number of rotatable bonds is 2. The zero-order valence-corrected chi connectivity index (χ0v) is 11.6. The van der Waals surface area contributed by atoms with Crippen molar-refractivity contribution >= 4 is 19.7 Å². The summed E-state index contributed by atoms with van der Waals surface area (Å²) in [5, 5.41) is -1.03. The predicted octanol–water partition coefficient (Wildman–Crippen LogP) is 0.154. The smallest absolute Gasteiger partial charge is 0.155 e. The first-order valence-corrected chi connectivity index (χ1v) is 9.26. The summed E-state index contributed by atoms with van der Waals surface area (Å²) in [5.41, 5.74) is 0. The van der Waals surface area contributed by atoms with Crippen LogP contribution in [0.4, 0.5) is 0 Å². The molecule has 2 saturated heterocycles. The maximum atomic E-state index is 11.6. The Balaban J connectivity index is 2.05. The van der Waals surface area contributed by atoms with E-state index in [-0.39, 0.29) is 23.7 Å². The third kappa shape index (κ3) is 2.37. The van der Waals surface area contributed by atoms with Gasteiger partial charge in [-0.3, -0.25) is 0 Å². The minimum atomic E-state index is -3.04. The van der Waals surface area contributed by atoms with Crippen LogP contribution in [0.5, 0.6) is 0 Å². The highest BCUT2D eigenvalue weighted by Crippen LogP contribution is 2.30. The third-order valence-electron chi connectivity index (χ3n) is 3.90. The Hall–Kier alpha value is -0.140. The second-order valence-corrected chi connectivity index (χ2v) is 9.89. The van der Waals surface area contributed by atoms with Crippen LogP contribution in [-0.2, 0) is 24.4 Å². The molecular weight excluding hydrogens is 264 g/mol. The molecule has 0 spiro atoms. The van der Waals surface area contributed by atoms with Gasteiger partial charge in [0.05, 0.1) is 34.2 Å². The van der Waals surface area contributed by atoms with Crippen molar-refractivity contribution < 1.29 is 21.6 Å². The Kier molecular flexibility index (Phi) is 3.29. The van der Waals surface area contributed by atoms with Gasteiger partial charge in [-0.2, -0.15) is 0 Å². The monoisotopic (exact) mass is 282 g/mol. The fourth-order valence-electron chi connectivity index (χ4n) is 2.45. The van der Waals surface area contributed by atoms with Crippen molar-refractivity contribution in [1.29, 1.82) is 0 Å². The van der Waals surface area contributed by atoms with Gasteiger partial charge < -0.3 is 4.74 Å². The molecule has 2 fully saturated rings. The van der Waals surface area contributed by atoms with Crippen LogP contribution < -0.4 is 0 Å². The standard InChI is InChI=1S/C10H18O5S2/c1-7-9(3-5-16(7,11)12)15-10-4-6-17(13,14)8(10)2/h7-10H,3-6H2,1-2H3. The molecule has 4 unspecified atom stereocenters. The number of hydrogen-bond acceptors (Lipinski definition) is 5. The van der Waals surface area contributed by atoms with Crippen LogP contribution in [0.3, 0.4) is 0 Å². The molecule has 2 aliphatic heterocycles. The molecule has 2 aliphatic rings. The Morgan fingerprint density at radius 2 is 1.18 bits per heavy atom. The molecule has 0 saturated carbocycles. The molecule has 2 heterocycles. The molecule has 100 valence electrons. The Bertz CT molecular complexity index is 447. The molecule has 0 N–H and O–H groups in total. The first kappa shape index (κ1) is 13.3.